The zero-order chi connectivity index (χ0) is 12.1. The van der Waals surface area contributed by atoms with Gasteiger partial charge in [-0.15, -0.1) is 0 Å². The molecule has 5 nitrogen and oxygen atoms in total. The Hall–Kier alpha value is -0.750. The molecule has 0 bridgehead atoms. The highest BCUT2D eigenvalue weighted by atomic mass is 32.2. The number of carbonyl (C=O) groups excluding carboxylic acids is 1. The second-order valence-electron chi connectivity index (χ2n) is 3.99. The van der Waals surface area contributed by atoms with Gasteiger partial charge in [0.1, 0.15) is 0 Å². The number of carboxylic acids is 1. The van der Waals surface area contributed by atoms with Crippen LogP contribution in [0.2, 0.25) is 0 Å². The number of nitrogens with two attached hydrogens (primary N) is 1. The van der Waals surface area contributed by atoms with Crippen molar-refractivity contribution in [1.82, 2.24) is 4.90 Å². The molecule has 0 radical (unpaired) electrons. The predicted molar refractivity (Wildman–Crippen MR) is 63.3 cm³/mol. The van der Waals surface area contributed by atoms with Crippen molar-refractivity contribution >= 4 is 23.6 Å². The number of carbonyl (C=O) groups is 2. The highest BCUT2D eigenvalue weighted by molar-refractivity contribution is 7.99. The lowest BCUT2D eigenvalue weighted by Crippen LogP contribution is -2.50. The Morgan fingerprint density at radius 1 is 1.62 bits per heavy atom. The van der Waals surface area contributed by atoms with Crippen LogP contribution in [0.5, 0.6) is 0 Å². The van der Waals surface area contributed by atoms with Crippen LogP contribution in [0, 0.1) is 5.92 Å². The molecule has 1 amide bonds. The molecular weight excluding hydrogens is 228 g/mol. The summed E-state index contributed by atoms with van der Waals surface area (Å²) < 4.78 is 0. The molecule has 1 aliphatic heterocycles. The summed E-state index contributed by atoms with van der Waals surface area (Å²) in [6.45, 7) is 2.72. The summed E-state index contributed by atoms with van der Waals surface area (Å²) >= 11 is 1.70. The average molecular weight is 246 g/mol. The Balaban J connectivity index is 2.65. The highest BCUT2D eigenvalue weighted by Crippen LogP contribution is 2.20. The van der Waals surface area contributed by atoms with Gasteiger partial charge in [-0.2, -0.15) is 11.8 Å². The summed E-state index contributed by atoms with van der Waals surface area (Å²) in [5.41, 5.74) is 5.46. The van der Waals surface area contributed by atoms with Gasteiger partial charge in [-0.1, -0.05) is 6.92 Å². The number of nitrogens with zero attached hydrogens (tertiary/aromatic N) is 1. The topological polar surface area (TPSA) is 83.6 Å². The van der Waals surface area contributed by atoms with Gasteiger partial charge in [0.25, 0.3) is 0 Å². The third kappa shape index (κ3) is 3.38. The van der Waals surface area contributed by atoms with E-state index in [-0.39, 0.29) is 24.3 Å². The smallest absolute Gasteiger partial charge is 0.305 e. The number of hydrogen-bond donors (Lipinski definition) is 2. The molecule has 0 aromatic carbocycles. The van der Waals surface area contributed by atoms with Crippen LogP contribution in [0.3, 0.4) is 0 Å². The van der Waals surface area contributed by atoms with E-state index in [1.54, 1.807) is 23.6 Å². The Labute approximate surface area is 99.4 Å². The summed E-state index contributed by atoms with van der Waals surface area (Å²) in [4.78, 5) is 24.4. The van der Waals surface area contributed by atoms with Gasteiger partial charge in [-0.3, -0.25) is 9.59 Å². The third-order valence-electron chi connectivity index (χ3n) is 2.70. The number of thioether (sulfide) groups is 1. The SMILES string of the molecule is CC(CN)C(=O)N1CCSCC1CC(=O)O. The lowest BCUT2D eigenvalue weighted by atomic mass is 10.1. The van der Waals surface area contributed by atoms with Crippen molar-refractivity contribution in [3.05, 3.63) is 0 Å². The van der Waals surface area contributed by atoms with Crippen LogP contribution in [-0.4, -0.2) is 52.5 Å². The van der Waals surface area contributed by atoms with Crippen LogP contribution in [0.25, 0.3) is 0 Å². The Bertz CT molecular complexity index is 273. The van der Waals surface area contributed by atoms with Gasteiger partial charge in [-0.25, -0.2) is 0 Å². The quantitative estimate of drug-likeness (QED) is 0.729. The normalized spacial score (nSPS) is 22.9. The summed E-state index contributed by atoms with van der Waals surface area (Å²) in [5, 5.41) is 8.79. The fourth-order valence-electron chi connectivity index (χ4n) is 1.70. The summed E-state index contributed by atoms with van der Waals surface area (Å²) in [6.07, 6.45) is 0.0238. The molecule has 0 aliphatic carbocycles. The molecule has 92 valence electrons. The third-order valence-corrected chi connectivity index (χ3v) is 3.79. The van der Waals surface area contributed by atoms with E-state index in [4.69, 9.17) is 10.8 Å². The molecule has 0 aromatic heterocycles. The van der Waals surface area contributed by atoms with Crippen LogP contribution < -0.4 is 5.73 Å². The monoisotopic (exact) mass is 246 g/mol. The predicted octanol–water partition coefficient (Wildman–Crippen LogP) is -0.0001000. The van der Waals surface area contributed by atoms with Crippen molar-refractivity contribution in [2.45, 2.75) is 19.4 Å². The first-order chi connectivity index (χ1) is 7.56. The van der Waals surface area contributed by atoms with E-state index in [0.717, 1.165) is 5.75 Å². The lowest BCUT2D eigenvalue weighted by molar-refractivity contribution is -0.141. The van der Waals surface area contributed by atoms with Crippen molar-refractivity contribution in [2.75, 3.05) is 24.6 Å². The van der Waals surface area contributed by atoms with E-state index in [1.807, 2.05) is 0 Å². The minimum absolute atomic E-state index is 0.0194. The molecule has 6 heteroatoms. The molecule has 2 atom stereocenters. The van der Waals surface area contributed by atoms with Crippen LogP contribution in [0.1, 0.15) is 13.3 Å². The molecule has 3 N–H and O–H groups in total. The van der Waals surface area contributed by atoms with Crippen molar-refractivity contribution in [3.63, 3.8) is 0 Å². The largest absolute Gasteiger partial charge is 0.481 e. The van der Waals surface area contributed by atoms with Crippen LogP contribution in [-0.2, 0) is 9.59 Å². The second kappa shape index (κ2) is 6.10. The van der Waals surface area contributed by atoms with Crippen LogP contribution >= 0.6 is 11.8 Å². The molecule has 0 saturated carbocycles. The molecule has 0 spiro atoms. The molecule has 1 saturated heterocycles. The van der Waals surface area contributed by atoms with E-state index < -0.39 is 5.97 Å². The molecule has 0 aromatic rings. The summed E-state index contributed by atoms with van der Waals surface area (Å²) in [7, 11) is 0. The first-order valence-corrected chi connectivity index (χ1v) is 6.51. The number of aliphatic carboxylic acids is 1. The highest BCUT2D eigenvalue weighted by Gasteiger charge is 2.30. The van der Waals surface area contributed by atoms with Crippen LogP contribution in [0.4, 0.5) is 0 Å². The standard InChI is InChI=1S/C10H18N2O3S/c1-7(5-11)10(15)12-2-3-16-6-8(12)4-9(13)14/h7-8H,2-6,11H2,1H3,(H,13,14). The van der Waals surface area contributed by atoms with E-state index in [0.29, 0.717) is 18.8 Å². The molecule has 1 aliphatic rings. The minimum atomic E-state index is -0.856. The fraction of sp³-hybridized carbons (Fsp3) is 0.800. The number of hydrogen-bond acceptors (Lipinski definition) is 4. The Morgan fingerprint density at radius 2 is 2.31 bits per heavy atom. The summed E-state index contributed by atoms with van der Waals surface area (Å²) in [5.74, 6) is 0.480. The van der Waals surface area contributed by atoms with Gasteiger partial charge in [0.05, 0.1) is 12.5 Å². The molecule has 1 fully saturated rings. The molecule has 16 heavy (non-hydrogen) atoms. The van der Waals surface area contributed by atoms with Gasteiger partial charge in [0.15, 0.2) is 0 Å². The maximum absolute atomic E-state index is 12.0. The number of carboxylic acid groups (broad SMARTS) is 1. The van der Waals surface area contributed by atoms with Crippen molar-refractivity contribution in [1.29, 1.82) is 0 Å². The van der Waals surface area contributed by atoms with Crippen LogP contribution in [0.15, 0.2) is 0 Å². The number of rotatable bonds is 4. The molecule has 1 heterocycles. The average Bonchev–Trinajstić information content (AvgIpc) is 2.27. The van der Waals surface area contributed by atoms with Gasteiger partial charge >= 0.3 is 5.97 Å². The van der Waals surface area contributed by atoms with Gasteiger partial charge in [0.2, 0.25) is 5.91 Å². The molecule has 2 unspecified atom stereocenters. The molecular formula is C10H18N2O3S. The second-order valence-corrected chi connectivity index (χ2v) is 5.14. The van der Waals surface area contributed by atoms with E-state index in [9.17, 15) is 9.59 Å². The maximum atomic E-state index is 12.0. The summed E-state index contributed by atoms with van der Waals surface area (Å²) in [6, 6.07) is -0.183. The number of amides is 1. The Kier molecular flexibility index (Phi) is 5.08. The van der Waals surface area contributed by atoms with E-state index in [2.05, 4.69) is 0 Å². The zero-order valence-corrected chi connectivity index (χ0v) is 10.2. The fourth-order valence-corrected chi connectivity index (χ4v) is 2.76. The van der Waals surface area contributed by atoms with Crippen molar-refractivity contribution in [3.8, 4) is 0 Å². The van der Waals surface area contributed by atoms with Crippen molar-refractivity contribution in [2.24, 2.45) is 11.7 Å². The first kappa shape index (κ1) is 13.3. The maximum Gasteiger partial charge on any atom is 0.305 e. The Morgan fingerprint density at radius 3 is 2.88 bits per heavy atom. The van der Waals surface area contributed by atoms with Crippen molar-refractivity contribution < 1.29 is 14.7 Å². The van der Waals surface area contributed by atoms with Gasteiger partial charge in [0, 0.05) is 30.5 Å². The van der Waals surface area contributed by atoms with E-state index >= 15 is 0 Å². The lowest BCUT2D eigenvalue weighted by Gasteiger charge is -2.36. The molecule has 1 rings (SSSR count). The van der Waals surface area contributed by atoms with Gasteiger partial charge < -0.3 is 15.7 Å². The zero-order valence-electron chi connectivity index (χ0n) is 9.39. The van der Waals surface area contributed by atoms with E-state index in [1.165, 1.54) is 0 Å². The first-order valence-electron chi connectivity index (χ1n) is 5.36. The van der Waals surface area contributed by atoms with Gasteiger partial charge in [-0.05, 0) is 0 Å². The minimum Gasteiger partial charge on any atom is -0.481 e.